The SMILES string of the molecule is Cn1cc(CNCC2CN(c3ccc4nnc(C(C)(C)C)n4n3)C2)cn1. The number of hydrogen-bond donors (Lipinski definition) is 1. The van der Waals surface area contributed by atoms with Gasteiger partial charge >= 0.3 is 0 Å². The molecule has 3 aromatic heterocycles. The molecular formula is C18H26N8. The van der Waals surface area contributed by atoms with Crippen molar-refractivity contribution in [3.05, 3.63) is 35.9 Å². The van der Waals surface area contributed by atoms with E-state index in [0.717, 1.165) is 43.5 Å². The van der Waals surface area contributed by atoms with Gasteiger partial charge in [-0.1, -0.05) is 20.8 Å². The Hall–Kier alpha value is -2.48. The molecule has 3 aromatic rings. The molecule has 1 saturated heterocycles. The molecule has 1 N–H and O–H groups in total. The van der Waals surface area contributed by atoms with Gasteiger partial charge in [-0.2, -0.15) is 9.61 Å². The molecule has 0 spiro atoms. The molecule has 0 radical (unpaired) electrons. The van der Waals surface area contributed by atoms with Crippen LogP contribution in [-0.4, -0.2) is 49.2 Å². The van der Waals surface area contributed by atoms with Crippen LogP contribution < -0.4 is 10.2 Å². The highest BCUT2D eigenvalue weighted by molar-refractivity contribution is 5.47. The molecule has 0 aliphatic carbocycles. The largest absolute Gasteiger partial charge is 0.354 e. The maximum atomic E-state index is 4.77. The zero-order valence-electron chi connectivity index (χ0n) is 15.8. The highest BCUT2D eigenvalue weighted by atomic mass is 15.4. The molecule has 1 aliphatic heterocycles. The van der Waals surface area contributed by atoms with Crippen LogP contribution >= 0.6 is 0 Å². The Morgan fingerprint density at radius 1 is 1.19 bits per heavy atom. The molecule has 1 fully saturated rings. The summed E-state index contributed by atoms with van der Waals surface area (Å²) in [5.74, 6) is 2.53. The predicted octanol–water partition coefficient (Wildman–Crippen LogP) is 1.38. The van der Waals surface area contributed by atoms with Gasteiger partial charge in [0.15, 0.2) is 11.5 Å². The fraction of sp³-hybridized carbons (Fsp3) is 0.556. The molecule has 0 aromatic carbocycles. The van der Waals surface area contributed by atoms with Crippen molar-refractivity contribution in [2.75, 3.05) is 24.5 Å². The summed E-state index contributed by atoms with van der Waals surface area (Å²) in [7, 11) is 1.94. The van der Waals surface area contributed by atoms with Crippen molar-refractivity contribution >= 4 is 11.5 Å². The van der Waals surface area contributed by atoms with Crippen LogP contribution in [0.2, 0.25) is 0 Å². The number of nitrogens with zero attached hydrogens (tertiary/aromatic N) is 7. The predicted molar refractivity (Wildman–Crippen MR) is 100 cm³/mol. The summed E-state index contributed by atoms with van der Waals surface area (Å²) in [6.45, 7) is 10.3. The van der Waals surface area contributed by atoms with Gasteiger partial charge in [-0.05, 0) is 12.1 Å². The third-order valence-corrected chi connectivity index (χ3v) is 4.72. The molecule has 0 bridgehead atoms. The molecule has 4 rings (SSSR count). The molecule has 138 valence electrons. The highest BCUT2D eigenvalue weighted by Gasteiger charge is 2.28. The Bertz CT molecular complexity index is 897. The van der Waals surface area contributed by atoms with Crippen LogP contribution in [0.3, 0.4) is 0 Å². The average Bonchev–Trinajstić information content (AvgIpc) is 3.14. The minimum absolute atomic E-state index is 0.0846. The van der Waals surface area contributed by atoms with Gasteiger partial charge in [0.2, 0.25) is 0 Å². The smallest absolute Gasteiger partial charge is 0.178 e. The lowest BCUT2D eigenvalue weighted by molar-refractivity contribution is 0.380. The van der Waals surface area contributed by atoms with Crippen LogP contribution in [0.15, 0.2) is 24.5 Å². The normalized spacial score (nSPS) is 15.6. The first-order valence-corrected chi connectivity index (χ1v) is 9.06. The Kier molecular flexibility index (Phi) is 4.14. The quantitative estimate of drug-likeness (QED) is 0.746. The maximum absolute atomic E-state index is 4.77. The van der Waals surface area contributed by atoms with Crippen molar-refractivity contribution in [3.8, 4) is 0 Å². The fourth-order valence-corrected chi connectivity index (χ4v) is 3.29. The van der Waals surface area contributed by atoms with Gasteiger partial charge in [0.25, 0.3) is 0 Å². The summed E-state index contributed by atoms with van der Waals surface area (Å²) < 4.78 is 3.71. The standard InChI is InChI=1S/C18H26N8/c1-18(2,3)17-22-21-15-5-6-16(23-26(15)17)25-11-14(12-25)8-19-7-13-9-20-24(4)10-13/h5-6,9-10,14,19H,7-8,11-12H2,1-4H3. The second-order valence-corrected chi connectivity index (χ2v) is 8.16. The van der Waals surface area contributed by atoms with Crippen molar-refractivity contribution in [2.45, 2.75) is 32.7 Å². The van der Waals surface area contributed by atoms with Crippen LogP contribution in [0.25, 0.3) is 5.65 Å². The second kappa shape index (κ2) is 6.35. The van der Waals surface area contributed by atoms with Gasteiger partial charge in [-0.3, -0.25) is 4.68 Å². The van der Waals surface area contributed by atoms with Crippen molar-refractivity contribution < 1.29 is 0 Å². The second-order valence-electron chi connectivity index (χ2n) is 8.16. The van der Waals surface area contributed by atoms with Crippen molar-refractivity contribution in [1.82, 2.24) is 34.9 Å². The van der Waals surface area contributed by atoms with E-state index in [1.54, 1.807) is 0 Å². The average molecular weight is 354 g/mol. The van der Waals surface area contributed by atoms with Gasteiger partial charge in [-0.15, -0.1) is 15.3 Å². The Morgan fingerprint density at radius 3 is 2.69 bits per heavy atom. The number of aryl methyl sites for hydroxylation is 1. The Morgan fingerprint density at radius 2 is 2.00 bits per heavy atom. The fourth-order valence-electron chi connectivity index (χ4n) is 3.29. The van der Waals surface area contributed by atoms with Crippen molar-refractivity contribution in [1.29, 1.82) is 0 Å². The van der Waals surface area contributed by atoms with E-state index in [1.807, 2.05) is 40.8 Å². The monoisotopic (exact) mass is 354 g/mol. The number of hydrogen-bond acceptors (Lipinski definition) is 6. The summed E-state index contributed by atoms with van der Waals surface area (Å²) >= 11 is 0. The molecule has 0 saturated carbocycles. The number of aromatic nitrogens is 6. The van der Waals surface area contributed by atoms with Gasteiger partial charge in [-0.25, -0.2) is 0 Å². The van der Waals surface area contributed by atoms with Crippen LogP contribution in [0.1, 0.15) is 32.2 Å². The Labute approximate surface area is 153 Å². The molecule has 0 atom stereocenters. The molecule has 4 heterocycles. The summed E-state index contributed by atoms with van der Waals surface area (Å²) in [6.07, 6.45) is 3.95. The number of rotatable bonds is 5. The molecule has 8 nitrogen and oxygen atoms in total. The topological polar surface area (TPSA) is 76.2 Å². The van der Waals surface area contributed by atoms with E-state index in [0.29, 0.717) is 5.92 Å². The molecule has 0 amide bonds. The van der Waals surface area contributed by atoms with E-state index in [2.05, 4.69) is 46.3 Å². The van der Waals surface area contributed by atoms with Crippen LogP contribution in [0, 0.1) is 5.92 Å². The van der Waals surface area contributed by atoms with E-state index in [9.17, 15) is 0 Å². The van der Waals surface area contributed by atoms with E-state index < -0.39 is 0 Å². The minimum Gasteiger partial charge on any atom is -0.354 e. The number of fused-ring (bicyclic) bond motifs is 1. The maximum Gasteiger partial charge on any atom is 0.178 e. The number of anilines is 1. The summed E-state index contributed by atoms with van der Waals surface area (Å²) in [5.41, 5.74) is 1.94. The third kappa shape index (κ3) is 3.29. The lowest BCUT2D eigenvalue weighted by atomic mass is 9.96. The zero-order chi connectivity index (χ0) is 18.3. The lowest BCUT2D eigenvalue weighted by Gasteiger charge is -2.40. The lowest BCUT2D eigenvalue weighted by Crippen LogP contribution is -2.51. The first-order valence-electron chi connectivity index (χ1n) is 9.06. The molecule has 1 aliphatic rings. The summed E-state index contributed by atoms with van der Waals surface area (Å²) in [6, 6.07) is 4.04. The van der Waals surface area contributed by atoms with Crippen LogP contribution in [-0.2, 0) is 19.0 Å². The van der Waals surface area contributed by atoms with Gasteiger partial charge in [0.1, 0.15) is 5.82 Å². The molecule has 8 heteroatoms. The van der Waals surface area contributed by atoms with E-state index in [1.165, 1.54) is 5.56 Å². The Balaban J connectivity index is 1.35. The minimum atomic E-state index is -0.0846. The summed E-state index contributed by atoms with van der Waals surface area (Å²) in [4.78, 5) is 2.31. The van der Waals surface area contributed by atoms with Crippen molar-refractivity contribution in [2.24, 2.45) is 13.0 Å². The molecular weight excluding hydrogens is 328 g/mol. The highest BCUT2D eigenvalue weighted by Crippen LogP contribution is 2.25. The van der Waals surface area contributed by atoms with Gasteiger partial charge < -0.3 is 10.2 Å². The van der Waals surface area contributed by atoms with Crippen molar-refractivity contribution in [3.63, 3.8) is 0 Å². The first kappa shape index (κ1) is 17.0. The number of nitrogens with one attached hydrogen (secondary N) is 1. The van der Waals surface area contributed by atoms with E-state index in [-0.39, 0.29) is 5.41 Å². The van der Waals surface area contributed by atoms with Gasteiger partial charge in [0, 0.05) is 56.3 Å². The third-order valence-electron chi connectivity index (χ3n) is 4.72. The molecule has 26 heavy (non-hydrogen) atoms. The zero-order valence-corrected chi connectivity index (χ0v) is 15.8. The van der Waals surface area contributed by atoms with Crippen LogP contribution in [0.4, 0.5) is 5.82 Å². The van der Waals surface area contributed by atoms with E-state index >= 15 is 0 Å². The van der Waals surface area contributed by atoms with Gasteiger partial charge in [0.05, 0.1) is 6.20 Å². The first-order chi connectivity index (χ1) is 12.4. The van der Waals surface area contributed by atoms with E-state index in [4.69, 9.17) is 5.10 Å². The summed E-state index contributed by atoms with van der Waals surface area (Å²) in [5, 5.41) is 21.0. The molecule has 0 unspecified atom stereocenters. The van der Waals surface area contributed by atoms with Crippen LogP contribution in [0.5, 0.6) is 0 Å².